The summed E-state index contributed by atoms with van der Waals surface area (Å²) in [4.78, 5) is 0. The number of rotatable bonds is 5. The first-order valence-corrected chi connectivity index (χ1v) is 7.99. The summed E-state index contributed by atoms with van der Waals surface area (Å²) in [6.45, 7) is 5.86. The Balaban J connectivity index is 2.70. The molecule has 1 atom stereocenters. The van der Waals surface area contributed by atoms with Crippen LogP contribution in [0.25, 0.3) is 0 Å². The van der Waals surface area contributed by atoms with Crippen LogP contribution in [-0.2, 0) is 15.8 Å². The first-order valence-electron chi connectivity index (χ1n) is 5.54. The van der Waals surface area contributed by atoms with E-state index in [9.17, 15) is 8.42 Å². The molecule has 17 heavy (non-hydrogen) atoms. The van der Waals surface area contributed by atoms with Crippen molar-refractivity contribution in [1.82, 2.24) is 4.72 Å². The number of hydrogen-bond acceptors (Lipinski definition) is 2. The van der Waals surface area contributed by atoms with Crippen LogP contribution in [0, 0.1) is 5.92 Å². The van der Waals surface area contributed by atoms with Gasteiger partial charge in [0.15, 0.2) is 0 Å². The van der Waals surface area contributed by atoms with Crippen LogP contribution in [0.15, 0.2) is 28.7 Å². The van der Waals surface area contributed by atoms with E-state index in [1.807, 2.05) is 45.0 Å². The zero-order chi connectivity index (χ0) is 13.1. The lowest BCUT2D eigenvalue weighted by Crippen LogP contribution is -2.36. The minimum atomic E-state index is -3.26. The third-order valence-electron chi connectivity index (χ3n) is 2.64. The molecule has 0 spiro atoms. The predicted octanol–water partition coefficient (Wildman–Crippen LogP) is 2.91. The Hall–Kier alpha value is -0.390. The van der Waals surface area contributed by atoms with Crippen molar-refractivity contribution in [2.75, 3.05) is 0 Å². The highest BCUT2D eigenvalue weighted by atomic mass is 79.9. The van der Waals surface area contributed by atoms with Crippen LogP contribution >= 0.6 is 15.9 Å². The van der Waals surface area contributed by atoms with Gasteiger partial charge in [-0.2, -0.15) is 0 Å². The van der Waals surface area contributed by atoms with E-state index < -0.39 is 10.0 Å². The number of benzene rings is 1. The smallest absolute Gasteiger partial charge is 0.212 e. The Bertz CT molecular complexity index is 454. The maximum Gasteiger partial charge on any atom is 0.216 e. The molecule has 1 N–H and O–H groups in total. The third-order valence-corrected chi connectivity index (χ3v) is 4.61. The predicted molar refractivity (Wildman–Crippen MR) is 74.2 cm³/mol. The lowest BCUT2D eigenvalue weighted by Gasteiger charge is -2.17. The molecule has 0 aliphatic rings. The standard InChI is InChI=1S/C12H18BrNO2S/c1-9(2)10(3)14-17(15,16)8-11-4-6-12(13)7-5-11/h4-7,9-10,14H,8H2,1-3H3/t10-/m1/s1. The highest BCUT2D eigenvalue weighted by molar-refractivity contribution is 9.10. The van der Waals surface area contributed by atoms with Gasteiger partial charge in [-0.3, -0.25) is 0 Å². The number of halogens is 1. The van der Waals surface area contributed by atoms with Crippen LogP contribution < -0.4 is 4.72 Å². The van der Waals surface area contributed by atoms with E-state index >= 15 is 0 Å². The van der Waals surface area contributed by atoms with E-state index in [0.717, 1.165) is 10.0 Å². The second kappa shape index (κ2) is 5.98. The normalized spacial score (nSPS) is 13.9. The van der Waals surface area contributed by atoms with E-state index in [1.165, 1.54) is 0 Å². The topological polar surface area (TPSA) is 46.2 Å². The maximum absolute atomic E-state index is 11.9. The van der Waals surface area contributed by atoms with Crippen molar-refractivity contribution in [3.8, 4) is 0 Å². The van der Waals surface area contributed by atoms with E-state index in [2.05, 4.69) is 20.7 Å². The van der Waals surface area contributed by atoms with E-state index in [-0.39, 0.29) is 17.7 Å². The summed E-state index contributed by atoms with van der Waals surface area (Å²) in [5.74, 6) is 0.312. The molecule has 0 bridgehead atoms. The van der Waals surface area contributed by atoms with Gasteiger partial charge in [-0.1, -0.05) is 41.9 Å². The summed E-state index contributed by atoms with van der Waals surface area (Å²) in [7, 11) is -3.26. The molecule has 1 rings (SSSR count). The second-order valence-corrected chi connectivity index (χ2v) is 7.21. The summed E-state index contributed by atoms with van der Waals surface area (Å²) >= 11 is 3.32. The molecule has 0 radical (unpaired) electrons. The molecule has 1 aromatic rings. The van der Waals surface area contributed by atoms with Crippen LogP contribution in [0.5, 0.6) is 0 Å². The van der Waals surface area contributed by atoms with E-state index in [4.69, 9.17) is 0 Å². The molecule has 0 aromatic heterocycles. The minimum absolute atomic E-state index is 0.0251. The molecule has 0 saturated heterocycles. The van der Waals surface area contributed by atoms with Crippen molar-refractivity contribution in [2.24, 2.45) is 5.92 Å². The quantitative estimate of drug-likeness (QED) is 0.907. The Morgan fingerprint density at radius 3 is 2.18 bits per heavy atom. The van der Waals surface area contributed by atoms with Gasteiger partial charge in [0.05, 0.1) is 5.75 Å². The van der Waals surface area contributed by atoms with Crippen molar-refractivity contribution >= 4 is 26.0 Å². The molecular formula is C12H18BrNO2S. The summed E-state index contributed by atoms with van der Waals surface area (Å²) in [6.07, 6.45) is 0. The lowest BCUT2D eigenvalue weighted by molar-refractivity contribution is 0.476. The number of sulfonamides is 1. The molecule has 3 nitrogen and oxygen atoms in total. The zero-order valence-corrected chi connectivity index (χ0v) is 12.7. The molecule has 0 fully saturated rings. The van der Waals surface area contributed by atoms with Crippen molar-refractivity contribution in [2.45, 2.75) is 32.6 Å². The van der Waals surface area contributed by atoms with Gasteiger partial charge < -0.3 is 0 Å². The monoisotopic (exact) mass is 319 g/mol. The van der Waals surface area contributed by atoms with Gasteiger partial charge in [-0.15, -0.1) is 0 Å². The molecule has 1 aromatic carbocycles. The number of hydrogen-bond donors (Lipinski definition) is 1. The Labute approximate surface area is 112 Å². The van der Waals surface area contributed by atoms with Crippen LogP contribution in [0.2, 0.25) is 0 Å². The molecule has 96 valence electrons. The highest BCUT2D eigenvalue weighted by Gasteiger charge is 2.17. The van der Waals surface area contributed by atoms with Crippen LogP contribution in [0.3, 0.4) is 0 Å². The van der Waals surface area contributed by atoms with Crippen LogP contribution in [0.1, 0.15) is 26.3 Å². The van der Waals surface area contributed by atoms with Gasteiger partial charge >= 0.3 is 0 Å². The average Bonchev–Trinajstić information content (AvgIpc) is 2.20. The Kier molecular flexibility index (Phi) is 5.16. The summed E-state index contributed by atoms with van der Waals surface area (Å²) < 4.78 is 27.4. The Morgan fingerprint density at radius 2 is 1.71 bits per heavy atom. The fourth-order valence-corrected chi connectivity index (χ4v) is 3.08. The van der Waals surface area contributed by atoms with Gasteiger partial charge in [0.25, 0.3) is 0 Å². The van der Waals surface area contributed by atoms with Gasteiger partial charge in [-0.05, 0) is 30.5 Å². The molecular weight excluding hydrogens is 302 g/mol. The Morgan fingerprint density at radius 1 is 1.18 bits per heavy atom. The summed E-state index contributed by atoms with van der Waals surface area (Å²) in [5.41, 5.74) is 0.789. The lowest BCUT2D eigenvalue weighted by atomic mass is 10.1. The maximum atomic E-state index is 11.9. The molecule has 0 amide bonds. The average molecular weight is 320 g/mol. The first-order chi connectivity index (χ1) is 7.80. The van der Waals surface area contributed by atoms with Crippen molar-refractivity contribution < 1.29 is 8.42 Å². The van der Waals surface area contributed by atoms with Crippen molar-refractivity contribution in [3.63, 3.8) is 0 Å². The van der Waals surface area contributed by atoms with Gasteiger partial charge in [0.1, 0.15) is 0 Å². The fraction of sp³-hybridized carbons (Fsp3) is 0.500. The van der Waals surface area contributed by atoms with E-state index in [1.54, 1.807) is 0 Å². The largest absolute Gasteiger partial charge is 0.216 e. The van der Waals surface area contributed by atoms with Gasteiger partial charge in [0, 0.05) is 10.5 Å². The SMILES string of the molecule is CC(C)[C@@H](C)NS(=O)(=O)Cc1ccc(Br)cc1. The molecule has 0 unspecified atom stereocenters. The number of nitrogens with one attached hydrogen (secondary N) is 1. The van der Waals surface area contributed by atoms with Gasteiger partial charge in [-0.25, -0.2) is 13.1 Å². The van der Waals surface area contributed by atoms with E-state index in [0.29, 0.717) is 0 Å². The van der Waals surface area contributed by atoms with Crippen LogP contribution in [-0.4, -0.2) is 14.5 Å². The molecule has 0 saturated carbocycles. The minimum Gasteiger partial charge on any atom is -0.212 e. The summed E-state index contributed by atoms with van der Waals surface area (Å²) in [5, 5.41) is 0. The second-order valence-electron chi connectivity index (χ2n) is 4.54. The zero-order valence-electron chi connectivity index (χ0n) is 10.3. The third kappa shape index (κ3) is 5.19. The summed E-state index contributed by atoms with van der Waals surface area (Å²) in [6, 6.07) is 7.26. The molecule has 0 heterocycles. The fourth-order valence-electron chi connectivity index (χ4n) is 1.26. The van der Waals surface area contributed by atoms with Crippen LogP contribution in [0.4, 0.5) is 0 Å². The molecule has 0 aliphatic heterocycles. The molecule has 5 heteroatoms. The van der Waals surface area contributed by atoms with Gasteiger partial charge in [0.2, 0.25) is 10.0 Å². The first kappa shape index (κ1) is 14.7. The van der Waals surface area contributed by atoms with Crippen molar-refractivity contribution in [3.05, 3.63) is 34.3 Å². The van der Waals surface area contributed by atoms with Crippen molar-refractivity contribution in [1.29, 1.82) is 0 Å². The highest BCUT2D eigenvalue weighted by Crippen LogP contribution is 2.13. The molecule has 0 aliphatic carbocycles.